The topological polar surface area (TPSA) is 41.3 Å². The highest BCUT2D eigenvalue weighted by Crippen LogP contribution is 2.24. The van der Waals surface area contributed by atoms with E-state index in [4.69, 9.17) is 0 Å². The zero-order valence-electron chi connectivity index (χ0n) is 9.48. The van der Waals surface area contributed by atoms with Crippen LogP contribution in [0.4, 0.5) is 0 Å². The highest BCUT2D eigenvalue weighted by Gasteiger charge is 2.34. The van der Waals surface area contributed by atoms with Gasteiger partial charge in [-0.15, -0.1) is 0 Å². The molecule has 0 radical (unpaired) electrons. The number of β-amino-alcohol motifs (C(OH)–C–C–N with tert-alkyl or cyclic N) is 1. The van der Waals surface area contributed by atoms with Crippen LogP contribution in [0.2, 0.25) is 0 Å². The maximum atomic E-state index is 10.3. The molecule has 1 atom stereocenters. The van der Waals surface area contributed by atoms with Crippen molar-refractivity contribution in [3.8, 4) is 0 Å². The summed E-state index contributed by atoms with van der Waals surface area (Å²) >= 11 is 0. The summed E-state index contributed by atoms with van der Waals surface area (Å²) < 4.78 is 1.90. The van der Waals surface area contributed by atoms with Gasteiger partial charge >= 0.3 is 0 Å². The minimum absolute atomic E-state index is 0.545. The minimum Gasteiger partial charge on any atom is -0.388 e. The van der Waals surface area contributed by atoms with E-state index in [2.05, 4.69) is 16.9 Å². The Bertz CT molecular complexity index is 336. The normalized spacial score (nSPS) is 27.4. The Morgan fingerprint density at radius 1 is 1.60 bits per heavy atom. The largest absolute Gasteiger partial charge is 0.388 e. The van der Waals surface area contributed by atoms with Crippen LogP contribution in [-0.2, 0) is 13.0 Å². The van der Waals surface area contributed by atoms with Crippen molar-refractivity contribution in [3.05, 3.63) is 18.0 Å². The van der Waals surface area contributed by atoms with Gasteiger partial charge in [0.05, 0.1) is 11.8 Å². The molecular weight excluding hydrogens is 190 g/mol. The number of hydrogen-bond acceptors (Lipinski definition) is 3. The van der Waals surface area contributed by atoms with Gasteiger partial charge in [0.25, 0.3) is 0 Å². The first-order valence-corrected chi connectivity index (χ1v) is 5.53. The number of nitrogens with zero attached hydrogens (tertiary/aromatic N) is 3. The fourth-order valence-corrected chi connectivity index (χ4v) is 2.25. The Morgan fingerprint density at radius 2 is 2.40 bits per heavy atom. The third-order valence-corrected chi connectivity index (χ3v) is 3.07. The number of aliphatic hydroxyl groups is 1. The lowest BCUT2D eigenvalue weighted by Gasteiger charge is -2.21. The van der Waals surface area contributed by atoms with Crippen molar-refractivity contribution in [1.82, 2.24) is 14.7 Å². The van der Waals surface area contributed by atoms with E-state index in [0.29, 0.717) is 0 Å². The standard InChI is InChI=1S/C11H19N3O/c1-3-14-8-10(7-12-14)6-11(15)4-5-13(2)9-11/h7-8,15H,3-6,9H2,1-2H3. The second kappa shape index (κ2) is 3.94. The molecule has 1 N–H and O–H groups in total. The lowest BCUT2D eigenvalue weighted by molar-refractivity contribution is 0.0523. The summed E-state index contributed by atoms with van der Waals surface area (Å²) in [4.78, 5) is 2.17. The maximum Gasteiger partial charge on any atom is 0.0827 e. The average Bonchev–Trinajstić information content (AvgIpc) is 2.74. The van der Waals surface area contributed by atoms with E-state index >= 15 is 0 Å². The second-order valence-electron chi connectivity index (χ2n) is 4.59. The molecule has 2 rings (SSSR count). The number of aromatic nitrogens is 2. The lowest BCUT2D eigenvalue weighted by atomic mass is 9.95. The van der Waals surface area contributed by atoms with Crippen molar-refractivity contribution in [2.24, 2.45) is 0 Å². The fourth-order valence-electron chi connectivity index (χ4n) is 2.25. The number of aryl methyl sites for hydroxylation is 1. The van der Waals surface area contributed by atoms with Gasteiger partial charge in [-0.1, -0.05) is 0 Å². The SMILES string of the molecule is CCn1cc(CC2(O)CCN(C)C2)cn1. The van der Waals surface area contributed by atoms with Crippen LogP contribution in [0.3, 0.4) is 0 Å². The Labute approximate surface area is 90.5 Å². The Morgan fingerprint density at radius 3 is 2.93 bits per heavy atom. The van der Waals surface area contributed by atoms with Crippen LogP contribution in [-0.4, -0.2) is 45.5 Å². The van der Waals surface area contributed by atoms with Crippen molar-refractivity contribution >= 4 is 0 Å². The zero-order chi connectivity index (χ0) is 10.9. The monoisotopic (exact) mass is 209 g/mol. The molecule has 1 saturated heterocycles. The van der Waals surface area contributed by atoms with Crippen LogP contribution in [0.25, 0.3) is 0 Å². The first kappa shape index (κ1) is 10.6. The first-order valence-electron chi connectivity index (χ1n) is 5.53. The summed E-state index contributed by atoms with van der Waals surface area (Å²) in [5.41, 5.74) is 0.589. The molecule has 1 aromatic rings. The molecule has 1 unspecified atom stereocenters. The van der Waals surface area contributed by atoms with E-state index in [0.717, 1.165) is 38.0 Å². The van der Waals surface area contributed by atoms with E-state index < -0.39 is 5.60 Å². The van der Waals surface area contributed by atoms with Gasteiger partial charge in [0.1, 0.15) is 0 Å². The summed E-state index contributed by atoms with van der Waals surface area (Å²) in [7, 11) is 2.05. The second-order valence-corrected chi connectivity index (χ2v) is 4.59. The summed E-state index contributed by atoms with van der Waals surface area (Å²) in [6.07, 6.45) is 5.47. The van der Waals surface area contributed by atoms with E-state index in [1.807, 2.05) is 24.1 Å². The molecule has 15 heavy (non-hydrogen) atoms. The van der Waals surface area contributed by atoms with Gasteiger partial charge in [-0.25, -0.2) is 0 Å². The molecule has 0 amide bonds. The summed E-state index contributed by atoms with van der Waals surface area (Å²) in [6.45, 7) is 4.70. The van der Waals surface area contributed by atoms with Crippen LogP contribution >= 0.6 is 0 Å². The van der Waals surface area contributed by atoms with Gasteiger partial charge in [0.2, 0.25) is 0 Å². The van der Waals surface area contributed by atoms with Crippen molar-refractivity contribution < 1.29 is 5.11 Å². The number of rotatable bonds is 3. The summed E-state index contributed by atoms with van der Waals surface area (Å²) in [5.74, 6) is 0. The summed E-state index contributed by atoms with van der Waals surface area (Å²) in [5, 5.41) is 14.5. The van der Waals surface area contributed by atoms with Gasteiger partial charge < -0.3 is 10.0 Å². The summed E-state index contributed by atoms with van der Waals surface area (Å²) in [6, 6.07) is 0. The molecule has 1 aromatic heterocycles. The molecule has 1 aliphatic heterocycles. The molecule has 0 aromatic carbocycles. The third-order valence-electron chi connectivity index (χ3n) is 3.07. The van der Waals surface area contributed by atoms with E-state index in [9.17, 15) is 5.11 Å². The molecule has 0 spiro atoms. The molecule has 1 fully saturated rings. The van der Waals surface area contributed by atoms with Crippen molar-refractivity contribution in [2.45, 2.75) is 31.9 Å². The molecule has 0 bridgehead atoms. The van der Waals surface area contributed by atoms with Crippen molar-refractivity contribution in [3.63, 3.8) is 0 Å². The number of likely N-dealkylation sites (N-methyl/N-ethyl adjacent to an activating group) is 1. The molecule has 0 aliphatic carbocycles. The van der Waals surface area contributed by atoms with Crippen LogP contribution in [0.15, 0.2) is 12.4 Å². The highest BCUT2D eigenvalue weighted by atomic mass is 16.3. The third kappa shape index (κ3) is 2.38. The van der Waals surface area contributed by atoms with Crippen LogP contribution in [0.5, 0.6) is 0 Å². The fraction of sp³-hybridized carbons (Fsp3) is 0.727. The average molecular weight is 209 g/mol. The van der Waals surface area contributed by atoms with Crippen molar-refractivity contribution in [2.75, 3.05) is 20.1 Å². The zero-order valence-corrected chi connectivity index (χ0v) is 9.48. The minimum atomic E-state index is -0.545. The van der Waals surface area contributed by atoms with Crippen LogP contribution in [0, 0.1) is 0 Å². The quantitative estimate of drug-likeness (QED) is 0.788. The van der Waals surface area contributed by atoms with Gasteiger partial charge in [0.15, 0.2) is 0 Å². The molecule has 2 heterocycles. The predicted octanol–water partition coefficient (Wildman–Crippen LogP) is 0.512. The van der Waals surface area contributed by atoms with Crippen LogP contribution < -0.4 is 0 Å². The first-order chi connectivity index (χ1) is 7.11. The Balaban J connectivity index is 2.02. The van der Waals surface area contributed by atoms with Gasteiger partial charge in [-0.2, -0.15) is 5.10 Å². The molecular formula is C11H19N3O. The van der Waals surface area contributed by atoms with Crippen molar-refractivity contribution in [1.29, 1.82) is 0 Å². The van der Waals surface area contributed by atoms with E-state index in [-0.39, 0.29) is 0 Å². The molecule has 4 nitrogen and oxygen atoms in total. The Hall–Kier alpha value is -0.870. The maximum absolute atomic E-state index is 10.3. The van der Waals surface area contributed by atoms with Gasteiger partial charge in [0, 0.05) is 32.3 Å². The molecule has 1 aliphatic rings. The predicted molar refractivity (Wildman–Crippen MR) is 58.7 cm³/mol. The van der Waals surface area contributed by atoms with Gasteiger partial charge in [-0.05, 0) is 26.0 Å². The molecule has 4 heteroatoms. The number of hydrogen-bond donors (Lipinski definition) is 1. The lowest BCUT2D eigenvalue weighted by Crippen LogP contribution is -2.34. The molecule has 84 valence electrons. The van der Waals surface area contributed by atoms with Crippen LogP contribution in [0.1, 0.15) is 18.9 Å². The smallest absolute Gasteiger partial charge is 0.0827 e. The number of likely N-dealkylation sites (tertiary alicyclic amines) is 1. The molecule has 0 saturated carbocycles. The van der Waals surface area contributed by atoms with E-state index in [1.54, 1.807) is 0 Å². The Kier molecular flexibility index (Phi) is 2.80. The van der Waals surface area contributed by atoms with E-state index in [1.165, 1.54) is 0 Å². The van der Waals surface area contributed by atoms with Gasteiger partial charge in [-0.3, -0.25) is 4.68 Å². The highest BCUT2D eigenvalue weighted by molar-refractivity contribution is 5.10.